The fourth-order valence-corrected chi connectivity index (χ4v) is 6.54. The van der Waals surface area contributed by atoms with Crippen molar-refractivity contribution in [2.75, 3.05) is 26.2 Å². The Kier molecular flexibility index (Phi) is 22.4. The minimum Gasteiger partial charge on any atom is -0.354 e. The number of carbonyl (C=O) groups is 3. The van der Waals surface area contributed by atoms with E-state index in [1.54, 1.807) is 4.90 Å². The van der Waals surface area contributed by atoms with Crippen LogP contribution >= 0.6 is 0 Å². The molecule has 0 saturated heterocycles. The van der Waals surface area contributed by atoms with Gasteiger partial charge in [-0.15, -0.1) is 0 Å². The van der Waals surface area contributed by atoms with Crippen LogP contribution in [0.1, 0.15) is 149 Å². The molecule has 1 saturated carbocycles. The summed E-state index contributed by atoms with van der Waals surface area (Å²) in [4.78, 5) is 40.1. The summed E-state index contributed by atoms with van der Waals surface area (Å²) < 4.78 is 0. The maximum absolute atomic E-state index is 13.1. The topological polar surface area (TPSA) is 78.5 Å². The Balaban J connectivity index is 2.58. The summed E-state index contributed by atoms with van der Waals surface area (Å²) in [5.41, 5.74) is -0.107. The molecule has 0 aromatic heterocycles. The molecule has 0 heterocycles. The minimum absolute atomic E-state index is 0.0367. The second kappa shape index (κ2) is 24.6. The lowest BCUT2D eigenvalue weighted by atomic mass is 9.75. The quantitative estimate of drug-likeness (QED) is 0.0804. The summed E-state index contributed by atoms with van der Waals surface area (Å²) in [5, 5.41) is 6.17. The first-order chi connectivity index (χ1) is 20.4. The second-order valence-electron chi connectivity index (χ2n) is 12.9. The van der Waals surface area contributed by atoms with Crippen molar-refractivity contribution in [2.24, 2.45) is 11.3 Å². The lowest BCUT2D eigenvalue weighted by molar-refractivity contribution is -0.134. The van der Waals surface area contributed by atoms with Gasteiger partial charge in [0.15, 0.2) is 0 Å². The van der Waals surface area contributed by atoms with Gasteiger partial charge in [0.1, 0.15) is 7.85 Å². The highest BCUT2D eigenvalue weighted by molar-refractivity contribution is 6.19. The predicted molar refractivity (Wildman–Crippen MR) is 180 cm³/mol. The van der Waals surface area contributed by atoms with Crippen molar-refractivity contribution < 1.29 is 14.4 Å². The average Bonchev–Trinajstić information content (AvgIpc) is 3.11. The number of nitrogens with one attached hydrogen (secondary N) is 2. The molecule has 3 amide bonds. The summed E-state index contributed by atoms with van der Waals surface area (Å²) >= 11 is 0. The van der Waals surface area contributed by atoms with E-state index in [2.05, 4.69) is 43.6 Å². The van der Waals surface area contributed by atoms with Crippen LogP contribution in [0.2, 0.25) is 6.32 Å². The van der Waals surface area contributed by atoms with Crippen LogP contribution in [0.3, 0.4) is 0 Å². The Morgan fingerprint density at radius 1 is 0.810 bits per heavy atom. The third-order valence-electron chi connectivity index (χ3n) is 8.96. The van der Waals surface area contributed by atoms with E-state index in [-0.39, 0.29) is 29.7 Å². The zero-order chi connectivity index (χ0) is 30.9. The average molecular weight is 588 g/mol. The van der Waals surface area contributed by atoms with E-state index in [1.807, 2.05) is 7.85 Å². The Morgan fingerprint density at radius 3 is 2.05 bits per heavy atom. The van der Waals surface area contributed by atoms with Crippen LogP contribution < -0.4 is 10.6 Å². The van der Waals surface area contributed by atoms with Crippen molar-refractivity contribution in [3.05, 3.63) is 12.2 Å². The number of nitrogens with zero attached hydrogens (tertiary/aromatic N) is 1. The number of hydrogen-bond acceptors (Lipinski definition) is 3. The first-order valence-corrected chi connectivity index (χ1v) is 17.9. The lowest BCUT2D eigenvalue weighted by Gasteiger charge is -2.30. The summed E-state index contributed by atoms with van der Waals surface area (Å²) in [6.45, 7) is 8.14. The van der Waals surface area contributed by atoms with Gasteiger partial charge in [-0.25, -0.2) is 0 Å². The molecular formula is C35H66BN3O3. The van der Waals surface area contributed by atoms with Crippen molar-refractivity contribution in [2.45, 2.75) is 156 Å². The van der Waals surface area contributed by atoms with Gasteiger partial charge in [-0.2, -0.15) is 0 Å². The summed E-state index contributed by atoms with van der Waals surface area (Å²) in [7, 11) is 1.82. The SMILES string of the molecule is BCC(=O)N(CCNC(=O)CC(/C=C\CCCCCCCC)(CCC)CCC)CC(=O)NCC1CCCCCCCC1. The largest absolute Gasteiger partial charge is 0.354 e. The molecule has 42 heavy (non-hydrogen) atoms. The molecule has 0 aromatic carbocycles. The van der Waals surface area contributed by atoms with Crippen LogP contribution in [0.5, 0.6) is 0 Å². The lowest BCUT2D eigenvalue weighted by Crippen LogP contribution is -2.45. The van der Waals surface area contributed by atoms with E-state index in [0.29, 0.717) is 38.3 Å². The number of hydrogen-bond donors (Lipinski definition) is 2. The monoisotopic (exact) mass is 588 g/mol. The van der Waals surface area contributed by atoms with Gasteiger partial charge in [-0.05, 0) is 56.2 Å². The molecule has 1 fully saturated rings. The molecule has 242 valence electrons. The molecule has 0 aromatic rings. The van der Waals surface area contributed by atoms with E-state index in [4.69, 9.17) is 0 Å². The number of carbonyl (C=O) groups excluding carboxylic acids is 3. The molecule has 0 radical (unpaired) electrons. The molecule has 1 rings (SSSR count). The predicted octanol–water partition coefficient (Wildman–Crippen LogP) is 7.13. The summed E-state index contributed by atoms with van der Waals surface area (Å²) in [6.07, 6.45) is 28.5. The van der Waals surface area contributed by atoms with Gasteiger partial charge in [-0.1, -0.05) is 116 Å². The molecule has 0 aliphatic heterocycles. The van der Waals surface area contributed by atoms with E-state index in [1.165, 1.54) is 89.9 Å². The van der Waals surface area contributed by atoms with Crippen molar-refractivity contribution in [1.82, 2.24) is 15.5 Å². The molecule has 7 heteroatoms. The van der Waals surface area contributed by atoms with Crippen molar-refractivity contribution in [1.29, 1.82) is 0 Å². The number of allylic oxidation sites excluding steroid dienone is 2. The Labute approximate surface area is 260 Å². The summed E-state index contributed by atoms with van der Waals surface area (Å²) in [6, 6.07) is 0. The van der Waals surface area contributed by atoms with Crippen LogP contribution in [-0.4, -0.2) is 56.6 Å². The third kappa shape index (κ3) is 18.0. The van der Waals surface area contributed by atoms with Gasteiger partial charge >= 0.3 is 0 Å². The fraction of sp³-hybridized carbons (Fsp3) is 0.857. The standard InChI is InChI=1S/C35H66BN3O3/c1-4-7-8-9-10-13-16-19-24-35(22-5-2,23-6-3)27-32(40)37-25-26-39(34(42)28-36)30-33(41)38-29-31-20-17-14-11-12-15-18-21-31/h19,24,31H,4-18,20-23,25-30,36H2,1-3H3,(H,37,40)(H,38,41)/b24-19-. The zero-order valence-corrected chi connectivity index (χ0v) is 28.1. The smallest absolute Gasteiger partial charge is 0.239 e. The zero-order valence-electron chi connectivity index (χ0n) is 28.1. The molecule has 0 unspecified atom stereocenters. The van der Waals surface area contributed by atoms with E-state index in [0.717, 1.165) is 32.1 Å². The summed E-state index contributed by atoms with van der Waals surface area (Å²) in [5.74, 6) is 0.428. The fourth-order valence-electron chi connectivity index (χ4n) is 6.54. The van der Waals surface area contributed by atoms with Crippen LogP contribution in [0.15, 0.2) is 12.2 Å². The maximum Gasteiger partial charge on any atom is 0.239 e. The van der Waals surface area contributed by atoms with Gasteiger partial charge < -0.3 is 15.5 Å². The van der Waals surface area contributed by atoms with E-state index < -0.39 is 0 Å². The highest BCUT2D eigenvalue weighted by Crippen LogP contribution is 2.36. The molecule has 0 atom stereocenters. The molecule has 6 nitrogen and oxygen atoms in total. The molecule has 0 bridgehead atoms. The van der Waals surface area contributed by atoms with Gasteiger partial charge in [0.05, 0.1) is 6.54 Å². The molecule has 2 N–H and O–H groups in total. The minimum atomic E-state index is -0.107. The number of amides is 3. The first kappa shape index (κ1) is 38.2. The van der Waals surface area contributed by atoms with Crippen molar-refractivity contribution in [3.8, 4) is 0 Å². The van der Waals surface area contributed by atoms with Gasteiger partial charge in [0.2, 0.25) is 17.7 Å². The highest BCUT2D eigenvalue weighted by Gasteiger charge is 2.28. The normalized spacial score (nSPS) is 15.1. The Morgan fingerprint density at radius 2 is 1.43 bits per heavy atom. The maximum atomic E-state index is 13.1. The number of rotatable bonds is 22. The van der Waals surface area contributed by atoms with E-state index >= 15 is 0 Å². The Hall–Kier alpha value is -1.79. The van der Waals surface area contributed by atoms with Crippen LogP contribution in [-0.2, 0) is 14.4 Å². The Bertz CT molecular complexity index is 742. The van der Waals surface area contributed by atoms with Gasteiger partial charge in [0, 0.05) is 26.1 Å². The van der Waals surface area contributed by atoms with Crippen molar-refractivity contribution in [3.63, 3.8) is 0 Å². The second-order valence-corrected chi connectivity index (χ2v) is 12.9. The van der Waals surface area contributed by atoms with E-state index in [9.17, 15) is 14.4 Å². The first-order valence-electron chi connectivity index (χ1n) is 17.9. The van der Waals surface area contributed by atoms with Gasteiger partial charge in [-0.3, -0.25) is 14.4 Å². The highest BCUT2D eigenvalue weighted by atomic mass is 16.2. The third-order valence-corrected chi connectivity index (χ3v) is 8.96. The molecule has 1 aliphatic rings. The molecule has 1 aliphatic carbocycles. The molecular weight excluding hydrogens is 521 g/mol. The van der Waals surface area contributed by atoms with Crippen LogP contribution in [0, 0.1) is 11.3 Å². The van der Waals surface area contributed by atoms with Crippen molar-refractivity contribution >= 4 is 25.6 Å². The van der Waals surface area contributed by atoms with Crippen LogP contribution in [0.4, 0.5) is 0 Å². The van der Waals surface area contributed by atoms with Crippen LogP contribution in [0.25, 0.3) is 0 Å². The number of unbranched alkanes of at least 4 members (excludes halogenated alkanes) is 6. The van der Waals surface area contributed by atoms with Gasteiger partial charge in [0.25, 0.3) is 0 Å². The molecule has 0 spiro atoms.